The molecule has 0 unspecified atom stereocenters. The molecule has 0 aliphatic rings. The lowest BCUT2D eigenvalue weighted by Crippen LogP contribution is -1.86. The van der Waals surface area contributed by atoms with Crippen LogP contribution in [0.3, 0.4) is 0 Å². The molecule has 0 amide bonds. The second kappa shape index (κ2) is 6.23. The molecule has 0 radical (unpaired) electrons. The predicted molar refractivity (Wildman–Crippen MR) is 86.5 cm³/mol. The molecule has 1 heterocycles. The van der Waals surface area contributed by atoms with Gasteiger partial charge in [-0.25, -0.2) is 0 Å². The Morgan fingerprint density at radius 1 is 1.00 bits per heavy atom. The van der Waals surface area contributed by atoms with Crippen molar-refractivity contribution in [2.24, 2.45) is 0 Å². The number of nitro groups is 1. The van der Waals surface area contributed by atoms with E-state index in [-0.39, 0.29) is 5.69 Å². The highest BCUT2D eigenvalue weighted by Gasteiger charge is 2.06. The largest absolute Gasteiger partial charge is 0.417 e. The summed E-state index contributed by atoms with van der Waals surface area (Å²) in [6.07, 6.45) is 3.43. The molecule has 6 nitrogen and oxygen atoms in total. The first-order valence-electron chi connectivity index (χ1n) is 6.95. The molecule has 3 aromatic rings. The number of hydrogen-bond acceptors (Lipinski definition) is 5. The average molecular weight is 307 g/mol. The summed E-state index contributed by atoms with van der Waals surface area (Å²) in [5.74, 6) is 0.826. The summed E-state index contributed by atoms with van der Waals surface area (Å²) >= 11 is 0. The van der Waals surface area contributed by atoms with Crippen LogP contribution in [0.4, 0.5) is 5.69 Å². The minimum Gasteiger partial charge on any atom is -0.417 e. The Hall–Kier alpha value is -3.28. The monoisotopic (exact) mass is 307 g/mol. The van der Waals surface area contributed by atoms with Gasteiger partial charge in [0.2, 0.25) is 11.8 Å². The van der Waals surface area contributed by atoms with E-state index in [1.54, 1.807) is 24.3 Å². The summed E-state index contributed by atoms with van der Waals surface area (Å²) in [5.41, 5.74) is 2.89. The molecule has 0 spiro atoms. The van der Waals surface area contributed by atoms with Crippen molar-refractivity contribution < 1.29 is 9.34 Å². The van der Waals surface area contributed by atoms with Crippen molar-refractivity contribution in [2.75, 3.05) is 0 Å². The lowest BCUT2D eigenvalue weighted by Gasteiger charge is -1.94. The van der Waals surface area contributed by atoms with Crippen LogP contribution in [-0.4, -0.2) is 15.1 Å². The summed E-state index contributed by atoms with van der Waals surface area (Å²) in [6, 6.07) is 14.0. The van der Waals surface area contributed by atoms with Crippen molar-refractivity contribution in [3.05, 3.63) is 75.7 Å². The number of hydrogen-bond donors (Lipinski definition) is 0. The van der Waals surface area contributed by atoms with E-state index in [1.165, 1.54) is 12.1 Å². The highest BCUT2D eigenvalue weighted by Crippen LogP contribution is 2.19. The van der Waals surface area contributed by atoms with Crippen molar-refractivity contribution in [3.8, 4) is 11.5 Å². The summed E-state index contributed by atoms with van der Waals surface area (Å²) in [5, 5.41) is 18.6. The van der Waals surface area contributed by atoms with E-state index < -0.39 is 4.92 Å². The fourth-order valence-corrected chi connectivity index (χ4v) is 1.99. The molecule has 0 N–H and O–H groups in total. The zero-order valence-corrected chi connectivity index (χ0v) is 12.3. The van der Waals surface area contributed by atoms with Gasteiger partial charge in [-0.2, -0.15) is 0 Å². The van der Waals surface area contributed by atoms with Gasteiger partial charge in [0.05, 0.1) is 4.92 Å². The standard InChI is InChI=1S/C17H13N3O3/c1-12-2-7-14(8-3-12)17-19-18-16(23-17)11-6-13-4-9-15(10-5-13)20(21)22/h2-11H,1H3. The van der Waals surface area contributed by atoms with E-state index in [4.69, 9.17) is 4.42 Å². The van der Waals surface area contributed by atoms with Gasteiger partial charge in [-0.15, -0.1) is 10.2 Å². The third-order valence-electron chi connectivity index (χ3n) is 3.26. The first-order chi connectivity index (χ1) is 11.1. The molecule has 114 valence electrons. The Bertz CT molecular complexity index is 850. The predicted octanol–water partition coefficient (Wildman–Crippen LogP) is 4.12. The van der Waals surface area contributed by atoms with E-state index >= 15 is 0 Å². The number of aryl methyl sites for hydroxylation is 1. The van der Waals surface area contributed by atoms with Crippen LogP contribution in [0.5, 0.6) is 0 Å². The van der Waals surface area contributed by atoms with Crippen molar-refractivity contribution >= 4 is 17.8 Å². The molecule has 0 bridgehead atoms. The number of nitro benzene ring substituents is 1. The van der Waals surface area contributed by atoms with Gasteiger partial charge in [-0.05, 0) is 42.8 Å². The summed E-state index contributed by atoms with van der Waals surface area (Å²) in [4.78, 5) is 10.2. The summed E-state index contributed by atoms with van der Waals surface area (Å²) in [7, 11) is 0. The van der Waals surface area contributed by atoms with Gasteiger partial charge in [0.1, 0.15) is 0 Å². The smallest absolute Gasteiger partial charge is 0.269 e. The Balaban J connectivity index is 1.75. The fourth-order valence-electron chi connectivity index (χ4n) is 1.99. The molecular formula is C17H13N3O3. The second-order valence-electron chi connectivity index (χ2n) is 4.99. The first kappa shape index (κ1) is 14.6. The maximum absolute atomic E-state index is 10.6. The maximum atomic E-state index is 10.6. The van der Waals surface area contributed by atoms with Gasteiger partial charge >= 0.3 is 0 Å². The van der Waals surface area contributed by atoms with Gasteiger partial charge in [-0.3, -0.25) is 10.1 Å². The van der Waals surface area contributed by atoms with Crippen molar-refractivity contribution in [1.82, 2.24) is 10.2 Å². The summed E-state index contributed by atoms with van der Waals surface area (Å²) in [6.45, 7) is 2.01. The molecule has 0 saturated heterocycles. The topological polar surface area (TPSA) is 82.1 Å². The van der Waals surface area contributed by atoms with Crippen LogP contribution < -0.4 is 0 Å². The quantitative estimate of drug-likeness (QED) is 0.535. The Morgan fingerprint density at radius 3 is 2.35 bits per heavy atom. The van der Waals surface area contributed by atoms with E-state index in [9.17, 15) is 10.1 Å². The highest BCUT2D eigenvalue weighted by atomic mass is 16.6. The van der Waals surface area contributed by atoms with Gasteiger partial charge in [-0.1, -0.05) is 17.7 Å². The van der Waals surface area contributed by atoms with Crippen LogP contribution in [0.1, 0.15) is 17.0 Å². The molecule has 6 heteroatoms. The minimum atomic E-state index is -0.431. The lowest BCUT2D eigenvalue weighted by atomic mass is 10.1. The maximum Gasteiger partial charge on any atom is 0.269 e. The third kappa shape index (κ3) is 3.49. The zero-order valence-electron chi connectivity index (χ0n) is 12.3. The van der Waals surface area contributed by atoms with E-state index in [2.05, 4.69) is 10.2 Å². The van der Waals surface area contributed by atoms with Crippen LogP contribution >= 0.6 is 0 Å². The number of benzene rings is 2. The average Bonchev–Trinajstić information content (AvgIpc) is 3.03. The molecule has 0 fully saturated rings. The molecular weight excluding hydrogens is 294 g/mol. The van der Waals surface area contributed by atoms with Gasteiger partial charge < -0.3 is 4.42 Å². The fraction of sp³-hybridized carbons (Fsp3) is 0.0588. The SMILES string of the molecule is Cc1ccc(-c2nnc(C=Cc3ccc([N+](=O)[O-])cc3)o2)cc1. The number of aromatic nitrogens is 2. The van der Waals surface area contributed by atoms with Crippen molar-refractivity contribution in [3.63, 3.8) is 0 Å². The summed E-state index contributed by atoms with van der Waals surface area (Å²) < 4.78 is 5.58. The van der Waals surface area contributed by atoms with E-state index in [1.807, 2.05) is 31.2 Å². The second-order valence-corrected chi connectivity index (χ2v) is 4.99. The lowest BCUT2D eigenvalue weighted by molar-refractivity contribution is -0.384. The van der Waals surface area contributed by atoms with E-state index in [0.29, 0.717) is 11.8 Å². The minimum absolute atomic E-state index is 0.0570. The number of rotatable bonds is 4. The van der Waals surface area contributed by atoms with Gasteiger partial charge in [0.25, 0.3) is 5.69 Å². The molecule has 3 rings (SSSR count). The van der Waals surface area contributed by atoms with Gasteiger partial charge in [0, 0.05) is 23.8 Å². The number of non-ortho nitro benzene ring substituents is 1. The van der Waals surface area contributed by atoms with Crippen molar-refractivity contribution in [1.29, 1.82) is 0 Å². The molecule has 0 aliphatic carbocycles. The van der Waals surface area contributed by atoms with Gasteiger partial charge in [0.15, 0.2) is 0 Å². The Labute approximate surface area is 132 Å². The molecule has 2 aromatic carbocycles. The Morgan fingerprint density at radius 2 is 1.70 bits per heavy atom. The highest BCUT2D eigenvalue weighted by molar-refractivity contribution is 5.67. The normalized spacial score (nSPS) is 11.0. The molecule has 0 saturated carbocycles. The van der Waals surface area contributed by atoms with Crippen molar-refractivity contribution in [2.45, 2.75) is 6.92 Å². The zero-order chi connectivity index (χ0) is 16.2. The Kier molecular flexibility index (Phi) is 3.97. The molecule has 1 aromatic heterocycles. The van der Waals surface area contributed by atoms with Crippen LogP contribution in [0, 0.1) is 17.0 Å². The van der Waals surface area contributed by atoms with E-state index in [0.717, 1.165) is 16.7 Å². The van der Waals surface area contributed by atoms with Crippen LogP contribution in [0.25, 0.3) is 23.6 Å². The van der Waals surface area contributed by atoms with Crippen LogP contribution in [-0.2, 0) is 0 Å². The molecule has 0 aliphatic heterocycles. The van der Waals surface area contributed by atoms with Crippen LogP contribution in [0.2, 0.25) is 0 Å². The third-order valence-corrected chi connectivity index (χ3v) is 3.26. The molecule has 0 atom stereocenters. The molecule has 23 heavy (non-hydrogen) atoms. The van der Waals surface area contributed by atoms with Crippen LogP contribution in [0.15, 0.2) is 52.9 Å². The first-order valence-corrected chi connectivity index (χ1v) is 6.95. The number of nitrogens with zero attached hydrogens (tertiary/aromatic N) is 3.